The quantitative estimate of drug-likeness (QED) is 0.871. The number of carbonyl (C=O) groups excluding carboxylic acids is 1. The number of ether oxygens (including phenoxy) is 3. The summed E-state index contributed by atoms with van der Waals surface area (Å²) in [5.41, 5.74) is 0.786. The lowest BCUT2D eigenvalue weighted by atomic mass is 10.2. The summed E-state index contributed by atoms with van der Waals surface area (Å²) in [6.45, 7) is 2.44. The van der Waals surface area contributed by atoms with Crippen LogP contribution in [0.5, 0.6) is 17.2 Å². The van der Waals surface area contributed by atoms with E-state index in [2.05, 4.69) is 0 Å². The van der Waals surface area contributed by atoms with Crippen LogP contribution < -0.4 is 19.1 Å². The Labute approximate surface area is 135 Å². The van der Waals surface area contributed by atoms with Crippen molar-refractivity contribution in [1.82, 2.24) is 0 Å². The zero-order valence-corrected chi connectivity index (χ0v) is 13.2. The van der Waals surface area contributed by atoms with Gasteiger partial charge in [0.05, 0.1) is 19.3 Å². The highest BCUT2D eigenvalue weighted by Gasteiger charge is 2.27. The fourth-order valence-corrected chi connectivity index (χ4v) is 2.52. The molecule has 5 nitrogen and oxygen atoms in total. The standard InChI is InChI=1S/C18H19NO4/c1-13-11-19(16-5-3-4-6-17(16)23-13)18(20)12-22-15-9-7-14(21-2)8-10-15/h3-10,13H,11-12H2,1-2H3. The molecule has 0 aromatic heterocycles. The zero-order valence-electron chi connectivity index (χ0n) is 13.2. The number of amides is 1. The lowest BCUT2D eigenvalue weighted by Crippen LogP contribution is -2.44. The monoisotopic (exact) mass is 313 g/mol. The number of nitrogens with zero attached hydrogens (tertiary/aromatic N) is 1. The van der Waals surface area contributed by atoms with E-state index in [1.165, 1.54) is 0 Å². The smallest absolute Gasteiger partial charge is 0.265 e. The van der Waals surface area contributed by atoms with Gasteiger partial charge in [-0.25, -0.2) is 0 Å². The van der Waals surface area contributed by atoms with Gasteiger partial charge in [0.15, 0.2) is 6.61 Å². The molecule has 1 aliphatic rings. The molecule has 0 bridgehead atoms. The Hall–Kier alpha value is -2.69. The number of fused-ring (bicyclic) bond motifs is 1. The van der Waals surface area contributed by atoms with Crippen molar-refractivity contribution in [2.24, 2.45) is 0 Å². The molecule has 0 saturated heterocycles. The van der Waals surface area contributed by atoms with Crippen molar-refractivity contribution in [2.75, 3.05) is 25.2 Å². The van der Waals surface area contributed by atoms with Gasteiger partial charge in [0.1, 0.15) is 23.4 Å². The van der Waals surface area contributed by atoms with Crippen LogP contribution >= 0.6 is 0 Å². The largest absolute Gasteiger partial charge is 0.497 e. The third-order valence-corrected chi connectivity index (χ3v) is 3.65. The normalized spacial score (nSPS) is 16.3. The van der Waals surface area contributed by atoms with Crippen LogP contribution in [-0.2, 0) is 4.79 Å². The first kappa shape index (κ1) is 15.2. The second-order valence-corrected chi connectivity index (χ2v) is 5.36. The lowest BCUT2D eigenvalue weighted by Gasteiger charge is -2.33. The molecule has 2 aromatic carbocycles. The lowest BCUT2D eigenvalue weighted by molar-refractivity contribution is -0.121. The Bertz CT molecular complexity index is 684. The molecule has 2 aromatic rings. The van der Waals surface area contributed by atoms with E-state index in [0.717, 1.165) is 17.2 Å². The third kappa shape index (κ3) is 3.39. The van der Waals surface area contributed by atoms with Crippen LogP contribution in [-0.4, -0.2) is 32.3 Å². The number of carbonyl (C=O) groups is 1. The average molecular weight is 313 g/mol. The minimum absolute atomic E-state index is 0.0205. The molecule has 1 amide bonds. The van der Waals surface area contributed by atoms with Gasteiger partial charge in [-0.3, -0.25) is 4.79 Å². The summed E-state index contributed by atoms with van der Waals surface area (Å²) in [5.74, 6) is 2.01. The molecular weight excluding hydrogens is 294 g/mol. The Morgan fingerprint density at radius 2 is 1.87 bits per heavy atom. The van der Waals surface area contributed by atoms with Crippen LogP contribution in [0.2, 0.25) is 0 Å². The molecule has 3 rings (SSSR count). The van der Waals surface area contributed by atoms with Crippen LogP contribution in [0.3, 0.4) is 0 Å². The highest BCUT2D eigenvalue weighted by Crippen LogP contribution is 2.33. The van der Waals surface area contributed by atoms with E-state index in [4.69, 9.17) is 14.2 Å². The van der Waals surface area contributed by atoms with Crippen LogP contribution in [0.15, 0.2) is 48.5 Å². The van der Waals surface area contributed by atoms with Gasteiger partial charge in [-0.2, -0.15) is 0 Å². The first-order valence-corrected chi connectivity index (χ1v) is 7.50. The van der Waals surface area contributed by atoms with E-state index < -0.39 is 0 Å². The molecule has 1 heterocycles. The molecule has 0 fully saturated rings. The second kappa shape index (κ2) is 6.60. The van der Waals surface area contributed by atoms with E-state index >= 15 is 0 Å². The van der Waals surface area contributed by atoms with Crippen molar-refractivity contribution < 1.29 is 19.0 Å². The summed E-state index contributed by atoms with van der Waals surface area (Å²) in [6, 6.07) is 14.7. The van der Waals surface area contributed by atoms with Gasteiger partial charge in [0, 0.05) is 0 Å². The number of benzene rings is 2. The van der Waals surface area contributed by atoms with Crippen LogP contribution in [0.1, 0.15) is 6.92 Å². The molecule has 1 atom stereocenters. The van der Waals surface area contributed by atoms with Crippen LogP contribution in [0, 0.1) is 0 Å². The molecule has 0 radical (unpaired) electrons. The van der Waals surface area contributed by atoms with Crippen molar-refractivity contribution in [3.63, 3.8) is 0 Å². The van der Waals surface area contributed by atoms with Gasteiger partial charge >= 0.3 is 0 Å². The van der Waals surface area contributed by atoms with Crippen molar-refractivity contribution in [3.05, 3.63) is 48.5 Å². The topological polar surface area (TPSA) is 48.0 Å². The van der Waals surface area contributed by atoms with Gasteiger partial charge in [0.25, 0.3) is 5.91 Å². The van der Waals surface area contributed by atoms with E-state index in [-0.39, 0.29) is 18.6 Å². The van der Waals surface area contributed by atoms with Gasteiger partial charge in [0.2, 0.25) is 0 Å². The number of hydrogen-bond acceptors (Lipinski definition) is 4. The molecule has 1 aliphatic heterocycles. The highest BCUT2D eigenvalue weighted by molar-refractivity contribution is 5.96. The van der Waals surface area contributed by atoms with Gasteiger partial charge < -0.3 is 19.1 Å². The molecule has 23 heavy (non-hydrogen) atoms. The Morgan fingerprint density at radius 3 is 2.61 bits per heavy atom. The summed E-state index contributed by atoms with van der Waals surface area (Å²) in [4.78, 5) is 14.2. The molecule has 0 N–H and O–H groups in total. The summed E-state index contributed by atoms with van der Waals surface area (Å²) in [7, 11) is 1.61. The van der Waals surface area contributed by atoms with E-state index in [0.29, 0.717) is 12.3 Å². The van der Waals surface area contributed by atoms with E-state index in [9.17, 15) is 4.79 Å². The fraction of sp³-hybridized carbons (Fsp3) is 0.278. The Kier molecular flexibility index (Phi) is 4.37. The molecule has 0 saturated carbocycles. The molecule has 0 spiro atoms. The Balaban J connectivity index is 1.68. The SMILES string of the molecule is COc1ccc(OCC(=O)N2CC(C)Oc3ccccc32)cc1. The summed E-state index contributed by atoms with van der Waals surface area (Å²) in [5, 5.41) is 0. The first-order chi connectivity index (χ1) is 11.2. The predicted molar refractivity (Wildman–Crippen MR) is 87.4 cm³/mol. The summed E-state index contributed by atoms with van der Waals surface area (Å²) in [6.07, 6.45) is -0.0464. The highest BCUT2D eigenvalue weighted by atomic mass is 16.5. The maximum absolute atomic E-state index is 12.5. The fourth-order valence-electron chi connectivity index (χ4n) is 2.52. The minimum atomic E-state index is -0.0941. The van der Waals surface area contributed by atoms with Crippen molar-refractivity contribution in [3.8, 4) is 17.2 Å². The van der Waals surface area contributed by atoms with Crippen molar-refractivity contribution >= 4 is 11.6 Å². The first-order valence-electron chi connectivity index (χ1n) is 7.50. The number of rotatable bonds is 4. The van der Waals surface area contributed by atoms with Gasteiger partial charge in [-0.15, -0.1) is 0 Å². The van der Waals surface area contributed by atoms with E-state index in [1.54, 1.807) is 36.3 Å². The summed E-state index contributed by atoms with van der Waals surface area (Å²) < 4.78 is 16.4. The third-order valence-electron chi connectivity index (χ3n) is 3.65. The molecule has 120 valence electrons. The molecule has 5 heteroatoms. The molecule has 0 aliphatic carbocycles. The maximum atomic E-state index is 12.5. The number of methoxy groups -OCH3 is 1. The van der Waals surface area contributed by atoms with Gasteiger partial charge in [-0.1, -0.05) is 12.1 Å². The average Bonchev–Trinajstić information content (AvgIpc) is 2.59. The minimum Gasteiger partial charge on any atom is -0.497 e. The van der Waals surface area contributed by atoms with E-state index in [1.807, 2.05) is 31.2 Å². The van der Waals surface area contributed by atoms with Crippen LogP contribution in [0.4, 0.5) is 5.69 Å². The van der Waals surface area contributed by atoms with Gasteiger partial charge in [-0.05, 0) is 43.3 Å². The maximum Gasteiger partial charge on any atom is 0.265 e. The Morgan fingerprint density at radius 1 is 1.17 bits per heavy atom. The zero-order chi connectivity index (χ0) is 16.2. The molecular formula is C18H19NO4. The predicted octanol–water partition coefficient (Wildman–Crippen LogP) is 2.89. The molecule has 1 unspecified atom stereocenters. The second-order valence-electron chi connectivity index (χ2n) is 5.36. The van der Waals surface area contributed by atoms with Crippen molar-refractivity contribution in [1.29, 1.82) is 0 Å². The van der Waals surface area contributed by atoms with Crippen LogP contribution in [0.25, 0.3) is 0 Å². The number of hydrogen-bond donors (Lipinski definition) is 0. The number of anilines is 1. The summed E-state index contributed by atoms with van der Waals surface area (Å²) >= 11 is 0. The number of para-hydroxylation sites is 2. The van der Waals surface area contributed by atoms with Crippen molar-refractivity contribution in [2.45, 2.75) is 13.0 Å².